The zero-order chi connectivity index (χ0) is 14.8. The molecule has 2 rings (SSSR count). The number of cyclic esters (lactones) is 1. The van der Waals surface area contributed by atoms with E-state index in [9.17, 15) is 14.7 Å². The van der Waals surface area contributed by atoms with Crippen molar-refractivity contribution in [1.82, 2.24) is 4.90 Å². The Balaban J connectivity index is 2.02. The van der Waals surface area contributed by atoms with Crippen molar-refractivity contribution in [3.8, 4) is 5.75 Å². The fourth-order valence-electron chi connectivity index (χ4n) is 2.25. The molecule has 0 bridgehead atoms. The SMILES string of the molecule is CC1(CCC(=O)O)CN(Cc2ccccc2O)C(=O)O1. The van der Waals surface area contributed by atoms with Crippen LogP contribution in [-0.2, 0) is 16.1 Å². The first-order chi connectivity index (χ1) is 9.39. The van der Waals surface area contributed by atoms with E-state index in [0.717, 1.165) is 0 Å². The molecule has 0 aliphatic carbocycles. The monoisotopic (exact) mass is 279 g/mol. The molecular formula is C14H17NO5. The van der Waals surface area contributed by atoms with Gasteiger partial charge in [0, 0.05) is 12.0 Å². The molecule has 1 atom stereocenters. The molecule has 108 valence electrons. The van der Waals surface area contributed by atoms with Crippen molar-refractivity contribution in [3.63, 3.8) is 0 Å². The molecule has 6 nitrogen and oxygen atoms in total. The molecule has 1 heterocycles. The van der Waals surface area contributed by atoms with E-state index in [1.807, 2.05) is 0 Å². The maximum absolute atomic E-state index is 11.8. The largest absolute Gasteiger partial charge is 0.508 e. The lowest BCUT2D eigenvalue weighted by molar-refractivity contribution is -0.138. The van der Waals surface area contributed by atoms with Crippen LogP contribution in [0, 0.1) is 0 Å². The fourth-order valence-corrected chi connectivity index (χ4v) is 2.25. The Labute approximate surface area is 116 Å². The van der Waals surface area contributed by atoms with E-state index in [-0.39, 0.29) is 25.1 Å². The highest BCUT2D eigenvalue weighted by atomic mass is 16.6. The summed E-state index contributed by atoms with van der Waals surface area (Å²) in [6.07, 6.45) is -0.263. The quantitative estimate of drug-likeness (QED) is 0.860. The number of para-hydroxylation sites is 1. The third-order valence-electron chi connectivity index (χ3n) is 3.34. The number of carbonyl (C=O) groups is 2. The number of nitrogens with zero attached hydrogens (tertiary/aromatic N) is 1. The Morgan fingerprint density at radius 1 is 1.45 bits per heavy atom. The number of carboxylic acid groups (broad SMARTS) is 1. The zero-order valence-electron chi connectivity index (χ0n) is 11.2. The van der Waals surface area contributed by atoms with E-state index >= 15 is 0 Å². The van der Waals surface area contributed by atoms with Gasteiger partial charge in [0.15, 0.2) is 0 Å². The molecule has 20 heavy (non-hydrogen) atoms. The van der Waals surface area contributed by atoms with Crippen LogP contribution in [0.2, 0.25) is 0 Å². The number of carboxylic acids is 1. The van der Waals surface area contributed by atoms with Gasteiger partial charge in [-0.25, -0.2) is 4.79 Å². The zero-order valence-corrected chi connectivity index (χ0v) is 11.2. The number of rotatable bonds is 5. The predicted octanol–water partition coefficient (Wildman–Crippen LogP) is 1.97. The lowest BCUT2D eigenvalue weighted by Crippen LogP contribution is -2.31. The van der Waals surface area contributed by atoms with Crippen molar-refractivity contribution in [3.05, 3.63) is 29.8 Å². The fraction of sp³-hybridized carbons (Fsp3) is 0.429. The number of aliphatic carboxylic acids is 1. The highest BCUT2D eigenvalue weighted by Gasteiger charge is 2.41. The van der Waals surface area contributed by atoms with Gasteiger partial charge in [0.1, 0.15) is 11.4 Å². The van der Waals surface area contributed by atoms with Gasteiger partial charge in [-0.2, -0.15) is 0 Å². The number of hydrogen-bond donors (Lipinski definition) is 2. The summed E-state index contributed by atoms with van der Waals surface area (Å²) in [4.78, 5) is 23.9. The Morgan fingerprint density at radius 2 is 2.15 bits per heavy atom. The number of phenols is 1. The molecule has 2 N–H and O–H groups in total. The number of phenolic OH excluding ortho intramolecular Hbond substituents is 1. The average molecular weight is 279 g/mol. The van der Waals surface area contributed by atoms with Gasteiger partial charge in [-0.05, 0) is 19.4 Å². The highest BCUT2D eigenvalue weighted by molar-refractivity contribution is 5.71. The lowest BCUT2D eigenvalue weighted by atomic mass is 10.00. The molecule has 1 saturated heterocycles. The minimum Gasteiger partial charge on any atom is -0.508 e. The van der Waals surface area contributed by atoms with Crippen LogP contribution >= 0.6 is 0 Å². The summed E-state index contributed by atoms with van der Waals surface area (Å²) in [5, 5.41) is 18.4. The maximum atomic E-state index is 11.8. The van der Waals surface area contributed by atoms with Crippen molar-refractivity contribution in [1.29, 1.82) is 0 Å². The molecule has 1 amide bonds. The summed E-state index contributed by atoms with van der Waals surface area (Å²) in [6.45, 7) is 2.28. The number of carbonyl (C=O) groups excluding carboxylic acids is 1. The normalized spacial score (nSPS) is 21.9. The van der Waals surface area contributed by atoms with Crippen molar-refractivity contribution >= 4 is 12.1 Å². The van der Waals surface area contributed by atoms with Gasteiger partial charge in [-0.3, -0.25) is 9.69 Å². The van der Waals surface area contributed by atoms with Crippen LogP contribution in [0.3, 0.4) is 0 Å². The molecule has 0 aromatic heterocycles. The Hall–Kier alpha value is -2.24. The molecule has 1 aromatic rings. The van der Waals surface area contributed by atoms with Gasteiger partial charge < -0.3 is 14.9 Å². The van der Waals surface area contributed by atoms with E-state index in [1.165, 1.54) is 4.90 Å². The number of benzene rings is 1. The second-order valence-electron chi connectivity index (χ2n) is 5.20. The van der Waals surface area contributed by atoms with E-state index in [2.05, 4.69) is 0 Å². The van der Waals surface area contributed by atoms with E-state index < -0.39 is 17.7 Å². The van der Waals surface area contributed by atoms with Gasteiger partial charge >= 0.3 is 12.1 Å². The van der Waals surface area contributed by atoms with Gasteiger partial charge in [-0.15, -0.1) is 0 Å². The standard InChI is InChI=1S/C14H17NO5/c1-14(7-6-12(17)18)9-15(13(19)20-14)8-10-4-2-3-5-11(10)16/h2-5,16H,6-9H2,1H3,(H,17,18). The van der Waals surface area contributed by atoms with Crippen LogP contribution in [0.5, 0.6) is 5.75 Å². The first kappa shape index (κ1) is 14.2. The Kier molecular flexibility index (Phi) is 3.83. The Morgan fingerprint density at radius 3 is 2.80 bits per heavy atom. The molecular weight excluding hydrogens is 262 g/mol. The first-order valence-corrected chi connectivity index (χ1v) is 6.36. The number of hydrogen-bond acceptors (Lipinski definition) is 4. The van der Waals surface area contributed by atoms with Gasteiger partial charge in [0.2, 0.25) is 0 Å². The summed E-state index contributed by atoms with van der Waals surface area (Å²) >= 11 is 0. The third kappa shape index (κ3) is 3.20. The minimum absolute atomic E-state index is 0.0474. The van der Waals surface area contributed by atoms with Crippen LogP contribution in [-0.4, -0.2) is 39.3 Å². The third-order valence-corrected chi connectivity index (χ3v) is 3.34. The second-order valence-corrected chi connectivity index (χ2v) is 5.20. The maximum Gasteiger partial charge on any atom is 0.410 e. The molecule has 1 aliphatic heterocycles. The van der Waals surface area contributed by atoms with Crippen molar-refractivity contribution < 1.29 is 24.5 Å². The van der Waals surface area contributed by atoms with E-state index in [4.69, 9.17) is 9.84 Å². The molecule has 6 heteroatoms. The van der Waals surface area contributed by atoms with Crippen LogP contribution in [0.25, 0.3) is 0 Å². The summed E-state index contributed by atoms with van der Waals surface area (Å²) in [7, 11) is 0. The number of ether oxygens (including phenoxy) is 1. The van der Waals surface area contributed by atoms with Crippen molar-refractivity contribution in [2.24, 2.45) is 0 Å². The molecule has 1 aromatic carbocycles. The molecule has 1 fully saturated rings. The van der Waals surface area contributed by atoms with Crippen LogP contribution in [0.4, 0.5) is 4.79 Å². The van der Waals surface area contributed by atoms with Crippen LogP contribution < -0.4 is 0 Å². The average Bonchev–Trinajstić information content (AvgIpc) is 2.66. The van der Waals surface area contributed by atoms with E-state index in [1.54, 1.807) is 31.2 Å². The lowest BCUT2D eigenvalue weighted by Gasteiger charge is -2.20. The molecule has 0 spiro atoms. The molecule has 1 unspecified atom stereocenters. The second kappa shape index (κ2) is 5.40. The van der Waals surface area contributed by atoms with Gasteiger partial charge in [0.25, 0.3) is 0 Å². The minimum atomic E-state index is -0.915. The first-order valence-electron chi connectivity index (χ1n) is 6.36. The number of amides is 1. The summed E-state index contributed by atoms with van der Waals surface area (Å²) in [5.74, 6) is -0.791. The topological polar surface area (TPSA) is 87.1 Å². The van der Waals surface area contributed by atoms with E-state index in [0.29, 0.717) is 12.1 Å². The van der Waals surface area contributed by atoms with Gasteiger partial charge in [-0.1, -0.05) is 18.2 Å². The summed E-state index contributed by atoms with van der Waals surface area (Å²) in [6, 6.07) is 6.77. The smallest absolute Gasteiger partial charge is 0.410 e. The van der Waals surface area contributed by atoms with Gasteiger partial charge in [0.05, 0.1) is 13.1 Å². The molecule has 1 aliphatic rings. The van der Waals surface area contributed by atoms with Crippen LogP contribution in [0.15, 0.2) is 24.3 Å². The summed E-state index contributed by atoms with van der Waals surface area (Å²) in [5.41, 5.74) is -0.160. The Bertz CT molecular complexity index is 530. The summed E-state index contributed by atoms with van der Waals surface area (Å²) < 4.78 is 5.27. The van der Waals surface area contributed by atoms with Crippen molar-refractivity contribution in [2.45, 2.75) is 31.9 Å². The highest BCUT2D eigenvalue weighted by Crippen LogP contribution is 2.29. The predicted molar refractivity (Wildman–Crippen MR) is 70.3 cm³/mol. The number of aromatic hydroxyl groups is 1. The van der Waals surface area contributed by atoms with Crippen LogP contribution in [0.1, 0.15) is 25.3 Å². The van der Waals surface area contributed by atoms with Crippen molar-refractivity contribution in [2.75, 3.05) is 6.54 Å². The molecule has 0 radical (unpaired) electrons. The molecule has 0 saturated carbocycles.